The minimum absolute atomic E-state index is 0.0590. The third kappa shape index (κ3) is 3.12. The summed E-state index contributed by atoms with van der Waals surface area (Å²) >= 11 is 0. The number of hydrogen-bond donors (Lipinski definition) is 1. The van der Waals surface area contributed by atoms with Crippen molar-refractivity contribution in [3.63, 3.8) is 0 Å². The van der Waals surface area contributed by atoms with E-state index in [0.29, 0.717) is 30.1 Å². The number of carbonyl (C=O) groups is 1. The van der Waals surface area contributed by atoms with E-state index in [1.165, 1.54) is 24.0 Å². The minimum atomic E-state index is -0.610. The van der Waals surface area contributed by atoms with Crippen molar-refractivity contribution in [3.8, 4) is 0 Å². The first-order valence-corrected chi connectivity index (χ1v) is 9.88. The lowest BCUT2D eigenvalue weighted by atomic mass is 9.59. The number of likely N-dealkylation sites (tertiary alicyclic amines) is 1. The molecule has 3 fully saturated rings. The lowest BCUT2D eigenvalue weighted by molar-refractivity contribution is -0.149. The van der Waals surface area contributed by atoms with Crippen LogP contribution in [0, 0.1) is 11.3 Å². The molecule has 25 heavy (non-hydrogen) atoms. The zero-order chi connectivity index (χ0) is 17.8. The van der Waals surface area contributed by atoms with Crippen LogP contribution in [0.2, 0.25) is 0 Å². The first kappa shape index (κ1) is 17.1. The van der Waals surface area contributed by atoms with E-state index in [2.05, 4.69) is 43.0 Å². The van der Waals surface area contributed by atoms with Crippen LogP contribution >= 0.6 is 0 Å². The normalized spacial score (nSPS) is 37.2. The molecule has 3 nitrogen and oxygen atoms in total. The van der Waals surface area contributed by atoms with Crippen LogP contribution in [0.4, 0.5) is 0 Å². The van der Waals surface area contributed by atoms with Crippen LogP contribution in [0.25, 0.3) is 0 Å². The van der Waals surface area contributed by atoms with E-state index in [-0.39, 0.29) is 11.8 Å². The van der Waals surface area contributed by atoms with E-state index in [9.17, 15) is 9.90 Å². The molecule has 1 amide bonds. The van der Waals surface area contributed by atoms with Crippen molar-refractivity contribution in [3.05, 3.63) is 35.4 Å². The summed E-state index contributed by atoms with van der Waals surface area (Å²) in [5.74, 6) is 1.59. The first-order chi connectivity index (χ1) is 11.8. The Kier molecular flexibility index (Phi) is 3.99. The molecule has 0 aromatic heterocycles. The average Bonchev–Trinajstić information content (AvgIpc) is 2.96. The van der Waals surface area contributed by atoms with Gasteiger partial charge in [0.2, 0.25) is 5.91 Å². The lowest BCUT2D eigenvalue weighted by Crippen LogP contribution is -2.49. The first-order valence-electron chi connectivity index (χ1n) is 9.88. The van der Waals surface area contributed by atoms with E-state index >= 15 is 0 Å². The quantitative estimate of drug-likeness (QED) is 0.900. The molecule has 1 N–H and O–H groups in total. The molecule has 2 saturated carbocycles. The van der Waals surface area contributed by atoms with E-state index in [1.807, 2.05) is 6.92 Å². The fraction of sp³-hybridized carbons (Fsp3) is 0.682. The summed E-state index contributed by atoms with van der Waals surface area (Å²) in [6, 6.07) is 9.09. The Morgan fingerprint density at radius 3 is 2.60 bits per heavy atom. The third-order valence-electron chi connectivity index (χ3n) is 6.88. The molecule has 1 aromatic carbocycles. The zero-order valence-electron chi connectivity index (χ0n) is 15.8. The van der Waals surface area contributed by atoms with Crippen molar-refractivity contribution < 1.29 is 9.90 Å². The van der Waals surface area contributed by atoms with Gasteiger partial charge < -0.3 is 10.0 Å². The molecule has 0 atom stereocenters. The predicted octanol–water partition coefficient (Wildman–Crippen LogP) is 4.07. The van der Waals surface area contributed by atoms with Gasteiger partial charge in [0.1, 0.15) is 0 Å². The molecule has 1 aliphatic heterocycles. The predicted molar refractivity (Wildman–Crippen MR) is 99.5 cm³/mol. The Labute approximate surface area is 151 Å². The summed E-state index contributed by atoms with van der Waals surface area (Å²) in [5.41, 5.74) is 2.66. The summed E-state index contributed by atoms with van der Waals surface area (Å²) in [4.78, 5) is 14.7. The molecule has 0 bridgehead atoms. The van der Waals surface area contributed by atoms with Gasteiger partial charge in [0.15, 0.2) is 0 Å². The van der Waals surface area contributed by atoms with Crippen LogP contribution in [0.5, 0.6) is 0 Å². The number of rotatable bonds is 3. The van der Waals surface area contributed by atoms with Gasteiger partial charge in [-0.05, 0) is 67.4 Å². The highest BCUT2D eigenvalue weighted by molar-refractivity contribution is 5.80. The van der Waals surface area contributed by atoms with Crippen molar-refractivity contribution >= 4 is 5.91 Å². The molecule has 0 unspecified atom stereocenters. The fourth-order valence-corrected chi connectivity index (χ4v) is 5.28. The summed E-state index contributed by atoms with van der Waals surface area (Å²) in [6.45, 7) is 8.18. The van der Waals surface area contributed by atoms with Gasteiger partial charge in [-0.25, -0.2) is 0 Å². The number of aliphatic hydroxyl groups is 1. The smallest absolute Gasteiger partial charge is 0.225 e. The van der Waals surface area contributed by atoms with Crippen LogP contribution in [0.1, 0.15) is 75.8 Å². The summed E-state index contributed by atoms with van der Waals surface area (Å²) in [6.07, 6.45) is 4.88. The maximum absolute atomic E-state index is 12.6. The van der Waals surface area contributed by atoms with Gasteiger partial charge in [-0.1, -0.05) is 38.1 Å². The molecule has 3 aliphatic rings. The molecule has 4 rings (SSSR count). The van der Waals surface area contributed by atoms with Crippen molar-refractivity contribution in [2.24, 2.45) is 11.3 Å². The van der Waals surface area contributed by atoms with Crippen LogP contribution in [-0.2, 0) is 4.79 Å². The van der Waals surface area contributed by atoms with Gasteiger partial charge in [0, 0.05) is 19.0 Å². The Balaban J connectivity index is 1.34. The maximum atomic E-state index is 12.6. The Morgan fingerprint density at radius 2 is 1.96 bits per heavy atom. The van der Waals surface area contributed by atoms with E-state index in [4.69, 9.17) is 0 Å². The van der Waals surface area contributed by atoms with Gasteiger partial charge in [-0.2, -0.15) is 0 Å². The Bertz CT molecular complexity index is 664. The number of amides is 1. The topological polar surface area (TPSA) is 40.5 Å². The van der Waals surface area contributed by atoms with Crippen molar-refractivity contribution in [1.82, 2.24) is 4.90 Å². The number of hydrogen-bond acceptors (Lipinski definition) is 2. The molecule has 0 radical (unpaired) electrons. The van der Waals surface area contributed by atoms with Gasteiger partial charge in [0.05, 0.1) is 5.60 Å². The monoisotopic (exact) mass is 341 g/mol. The van der Waals surface area contributed by atoms with Crippen LogP contribution in [0.15, 0.2) is 24.3 Å². The van der Waals surface area contributed by atoms with Gasteiger partial charge in [-0.3, -0.25) is 4.79 Å². The summed E-state index contributed by atoms with van der Waals surface area (Å²) in [5, 5.41) is 9.89. The van der Waals surface area contributed by atoms with Crippen molar-refractivity contribution in [2.45, 2.75) is 70.3 Å². The maximum Gasteiger partial charge on any atom is 0.225 e. The second-order valence-corrected chi connectivity index (χ2v) is 9.54. The second kappa shape index (κ2) is 5.84. The van der Waals surface area contributed by atoms with Gasteiger partial charge >= 0.3 is 0 Å². The number of benzene rings is 1. The molecule has 1 spiro atoms. The van der Waals surface area contributed by atoms with Gasteiger partial charge in [0.25, 0.3) is 0 Å². The van der Waals surface area contributed by atoms with E-state index in [0.717, 1.165) is 19.5 Å². The van der Waals surface area contributed by atoms with Crippen LogP contribution < -0.4 is 0 Å². The van der Waals surface area contributed by atoms with E-state index in [1.54, 1.807) is 0 Å². The summed E-state index contributed by atoms with van der Waals surface area (Å²) < 4.78 is 0. The Hall–Kier alpha value is -1.35. The summed E-state index contributed by atoms with van der Waals surface area (Å²) in [7, 11) is 0. The number of carbonyl (C=O) groups excluding carboxylic acids is 1. The molecular formula is C22H31NO2. The van der Waals surface area contributed by atoms with Gasteiger partial charge in [-0.15, -0.1) is 0 Å². The molecular weight excluding hydrogens is 310 g/mol. The van der Waals surface area contributed by atoms with Crippen LogP contribution in [0.3, 0.4) is 0 Å². The third-order valence-corrected chi connectivity index (χ3v) is 6.88. The highest BCUT2D eigenvalue weighted by Gasteiger charge is 2.52. The molecule has 1 heterocycles. The molecule has 2 aliphatic carbocycles. The van der Waals surface area contributed by atoms with Crippen LogP contribution in [-0.4, -0.2) is 34.6 Å². The zero-order valence-corrected chi connectivity index (χ0v) is 15.8. The standard InChI is InChI=1S/C22H31NO2/c1-15(2)16-5-4-6-17(9-16)18-12-22(13-18)7-8-23(14-22)20(24)19-10-21(3,25)11-19/h4-6,9,15,18-19,25H,7-8,10-14H2,1-3H3. The molecule has 136 valence electrons. The highest BCUT2D eigenvalue weighted by Crippen LogP contribution is 2.56. The number of nitrogens with zero attached hydrogens (tertiary/aromatic N) is 1. The highest BCUT2D eigenvalue weighted by atomic mass is 16.3. The molecule has 1 saturated heterocycles. The fourth-order valence-electron chi connectivity index (χ4n) is 5.28. The van der Waals surface area contributed by atoms with Crippen molar-refractivity contribution in [1.29, 1.82) is 0 Å². The SMILES string of the molecule is CC(C)c1cccc(C2CC3(CCN(C(=O)C4CC(C)(O)C4)C3)C2)c1. The lowest BCUT2D eigenvalue weighted by Gasteiger charge is -2.46. The Morgan fingerprint density at radius 1 is 1.24 bits per heavy atom. The average molecular weight is 341 g/mol. The second-order valence-electron chi connectivity index (χ2n) is 9.54. The minimum Gasteiger partial charge on any atom is -0.390 e. The van der Waals surface area contributed by atoms with E-state index < -0.39 is 5.60 Å². The largest absolute Gasteiger partial charge is 0.390 e. The van der Waals surface area contributed by atoms with Crippen molar-refractivity contribution in [2.75, 3.05) is 13.1 Å². The molecule has 1 aromatic rings. The molecule has 3 heteroatoms.